The van der Waals surface area contributed by atoms with Crippen LogP contribution in [0.4, 0.5) is 4.39 Å². The van der Waals surface area contributed by atoms with Crippen molar-refractivity contribution in [2.75, 3.05) is 7.11 Å². The molecule has 2 nitrogen and oxygen atoms in total. The summed E-state index contributed by atoms with van der Waals surface area (Å²) in [5.41, 5.74) is 0.183. The van der Waals surface area contributed by atoms with Crippen molar-refractivity contribution in [3.8, 4) is 5.75 Å². The van der Waals surface area contributed by atoms with Crippen molar-refractivity contribution in [2.24, 2.45) is 5.92 Å². The number of hydrogen-bond donors (Lipinski definition) is 0. The third-order valence-electron chi connectivity index (χ3n) is 3.09. The number of ketones is 1. The summed E-state index contributed by atoms with van der Waals surface area (Å²) in [6, 6.07) is 4.42. The van der Waals surface area contributed by atoms with Crippen LogP contribution in [-0.4, -0.2) is 12.9 Å². The first-order valence-electron chi connectivity index (χ1n) is 6.51. The Morgan fingerprint density at radius 3 is 2.33 bits per heavy atom. The maximum Gasteiger partial charge on any atom is 0.168 e. The standard InChI is InChI=1S/C15H21FO2/c1-4-6-11(7-5-2)15(17)13-9-8-12(18-3)10-14(13)16/h8-11H,4-7H2,1-3H3. The van der Waals surface area contributed by atoms with Crippen LogP contribution in [-0.2, 0) is 0 Å². The van der Waals surface area contributed by atoms with Crippen LogP contribution in [0.15, 0.2) is 18.2 Å². The van der Waals surface area contributed by atoms with Gasteiger partial charge in [0.15, 0.2) is 5.78 Å². The van der Waals surface area contributed by atoms with Gasteiger partial charge in [0, 0.05) is 12.0 Å². The molecule has 1 aromatic rings. The van der Waals surface area contributed by atoms with Crippen molar-refractivity contribution in [1.82, 2.24) is 0 Å². The highest BCUT2D eigenvalue weighted by Gasteiger charge is 2.21. The maximum atomic E-state index is 13.8. The van der Waals surface area contributed by atoms with Gasteiger partial charge in [-0.25, -0.2) is 4.39 Å². The van der Waals surface area contributed by atoms with Crippen LogP contribution in [0.2, 0.25) is 0 Å². The predicted octanol–water partition coefficient (Wildman–Crippen LogP) is 4.23. The molecule has 0 fully saturated rings. The first-order chi connectivity index (χ1) is 8.63. The van der Waals surface area contributed by atoms with Crippen molar-refractivity contribution >= 4 is 5.78 Å². The second-order valence-electron chi connectivity index (χ2n) is 4.48. The van der Waals surface area contributed by atoms with E-state index in [4.69, 9.17) is 4.74 Å². The van der Waals surface area contributed by atoms with E-state index in [0.29, 0.717) is 5.75 Å². The van der Waals surface area contributed by atoms with Gasteiger partial charge in [-0.3, -0.25) is 4.79 Å². The highest BCUT2D eigenvalue weighted by molar-refractivity contribution is 5.98. The van der Waals surface area contributed by atoms with Crippen molar-refractivity contribution in [3.63, 3.8) is 0 Å². The molecule has 0 aromatic heterocycles. The predicted molar refractivity (Wildman–Crippen MR) is 70.6 cm³/mol. The summed E-state index contributed by atoms with van der Waals surface area (Å²) >= 11 is 0. The molecule has 0 aliphatic carbocycles. The zero-order valence-corrected chi connectivity index (χ0v) is 11.3. The van der Waals surface area contributed by atoms with E-state index >= 15 is 0 Å². The topological polar surface area (TPSA) is 26.3 Å². The molecule has 0 saturated carbocycles. The maximum absolute atomic E-state index is 13.8. The van der Waals surface area contributed by atoms with Gasteiger partial charge >= 0.3 is 0 Å². The summed E-state index contributed by atoms with van der Waals surface area (Å²) in [7, 11) is 1.48. The Bertz CT molecular complexity index is 395. The molecule has 0 amide bonds. The number of ether oxygens (including phenoxy) is 1. The van der Waals surface area contributed by atoms with E-state index < -0.39 is 5.82 Å². The molecule has 0 aliphatic rings. The molecule has 0 spiro atoms. The number of carbonyl (C=O) groups excluding carboxylic acids is 1. The third-order valence-corrected chi connectivity index (χ3v) is 3.09. The van der Waals surface area contributed by atoms with Crippen LogP contribution in [0.25, 0.3) is 0 Å². The molecule has 0 unspecified atom stereocenters. The smallest absolute Gasteiger partial charge is 0.168 e. The van der Waals surface area contributed by atoms with Crippen LogP contribution < -0.4 is 4.74 Å². The number of hydrogen-bond acceptors (Lipinski definition) is 2. The Labute approximate surface area is 108 Å². The highest BCUT2D eigenvalue weighted by Crippen LogP contribution is 2.23. The van der Waals surface area contributed by atoms with Crippen LogP contribution in [0.3, 0.4) is 0 Å². The molecule has 3 heteroatoms. The van der Waals surface area contributed by atoms with E-state index in [0.717, 1.165) is 25.7 Å². The summed E-state index contributed by atoms with van der Waals surface area (Å²) in [4.78, 5) is 12.3. The number of carbonyl (C=O) groups is 1. The summed E-state index contributed by atoms with van der Waals surface area (Å²) < 4.78 is 18.8. The zero-order chi connectivity index (χ0) is 13.5. The van der Waals surface area contributed by atoms with Crippen molar-refractivity contribution in [3.05, 3.63) is 29.6 Å². The summed E-state index contributed by atoms with van der Waals surface area (Å²) in [5.74, 6) is -0.204. The normalized spacial score (nSPS) is 10.7. The van der Waals surface area contributed by atoms with E-state index in [1.54, 1.807) is 6.07 Å². The Hall–Kier alpha value is -1.38. The number of Topliss-reactive ketones (excluding diaryl/α,β-unsaturated/α-hetero) is 1. The Balaban J connectivity index is 2.93. The van der Waals surface area contributed by atoms with Gasteiger partial charge in [-0.05, 0) is 25.0 Å². The minimum absolute atomic E-state index is 0.0668. The second-order valence-corrected chi connectivity index (χ2v) is 4.48. The molecule has 0 saturated heterocycles. The van der Waals surface area contributed by atoms with Gasteiger partial charge < -0.3 is 4.74 Å². The van der Waals surface area contributed by atoms with E-state index in [-0.39, 0.29) is 17.3 Å². The number of benzene rings is 1. The number of rotatable bonds is 7. The molecular weight excluding hydrogens is 231 g/mol. The molecule has 0 bridgehead atoms. The average Bonchev–Trinajstić information content (AvgIpc) is 2.37. The molecule has 0 atom stereocenters. The largest absolute Gasteiger partial charge is 0.497 e. The van der Waals surface area contributed by atoms with Gasteiger partial charge in [-0.15, -0.1) is 0 Å². The molecule has 100 valence electrons. The highest BCUT2D eigenvalue weighted by atomic mass is 19.1. The third kappa shape index (κ3) is 3.56. The fourth-order valence-electron chi connectivity index (χ4n) is 2.15. The molecule has 0 aliphatic heterocycles. The van der Waals surface area contributed by atoms with E-state index in [1.807, 2.05) is 13.8 Å². The quantitative estimate of drug-likeness (QED) is 0.679. The van der Waals surface area contributed by atoms with Crippen LogP contribution in [0, 0.1) is 11.7 Å². The summed E-state index contributed by atoms with van der Waals surface area (Å²) in [6.45, 7) is 4.08. The minimum Gasteiger partial charge on any atom is -0.497 e. The van der Waals surface area contributed by atoms with Gasteiger partial charge in [0.05, 0.1) is 12.7 Å². The van der Waals surface area contributed by atoms with E-state index in [9.17, 15) is 9.18 Å². The fourth-order valence-corrected chi connectivity index (χ4v) is 2.15. The minimum atomic E-state index is -0.489. The van der Waals surface area contributed by atoms with Crippen molar-refractivity contribution < 1.29 is 13.9 Å². The molecule has 18 heavy (non-hydrogen) atoms. The lowest BCUT2D eigenvalue weighted by molar-refractivity contribution is 0.0900. The summed E-state index contributed by atoms with van der Waals surface area (Å²) in [6.07, 6.45) is 3.51. The molecule has 0 N–H and O–H groups in total. The van der Waals surface area contributed by atoms with Crippen molar-refractivity contribution in [2.45, 2.75) is 39.5 Å². The number of methoxy groups -OCH3 is 1. The van der Waals surface area contributed by atoms with Gasteiger partial charge in [0.2, 0.25) is 0 Å². The Morgan fingerprint density at radius 1 is 1.28 bits per heavy atom. The zero-order valence-electron chi connectivity index (χ0n) is 11.3. The lowest BCUT2D eigenvalue weighted by atomic mass is 9.89. The molecule has 0 heterocycles. The molecule has 1 aromatic carbocycles. The molecule has 1 rings (SSSR count). The SMILES string of the molecule is CCCC(CCC)C(=O)c1ccc(OC)cc1F. The van der Waals surface area contributed by atoms with E-state index in [1.165, 1.54) is 19.2 Å². The lowest BCUT2D eigenvalue weighted by Crippen LogP contribution is -2.16. The first-order valence-corrected chi connectivity index (χ1v) is 6.51. The monoisotopic (exact) mass is 252 g/mol. The fraction of sp³-hybridized carbons (Fsp3) is 0.533. The average molecular weight is 252 g/mol. The van der Waals surface area contributed by atoms with Crippen LogP contribution in [0.5, 0.6) is 5.75 Å². The summed E-state index contributed by atoms with van der Waals surface area (Å²) in [5, 5.41) is 0. The van der Waals surface area contributed by atoms with Crippen LogP contribution in [0.1, 0.15) is 49.9 Å². The molecular formula is C15H21FO2. The molecule has 0 radical (unpaired) electrons. The van der Waals surface area contributed by atoms with E-state index in [2.05, 4.69) is 0 Å². The Morgan fingerprint density at radius 2 is 1.89 bits per heavy atom. The van der Waals surface area contributed by atoms with Crippen molar-refractivity contribution in [1.29, 1.82) is 0 Å². The second kappa shape index (κ2) is 7.14. The van der Waals surface area contributed by atoms with Gasteiger partial charge in [0.25, 0.3) is 0 Å². The van der Waals surface area contributed by atoms with Crippen LogP contribution >= 0.6 is 0 Å². The Kier molecular flexibility index (Phi) is 5.83. The lowest BCUT2D eigenvalue weighted by Gasteiger charge is -2.14. The van der Waals surface area contributed by atoms with Gasteiger partial charge in [0.1, 0.15) is 11.6 Å². The number of halogens is 1. The van der Waals surface area contributed by atoms with Gasteiger partial charge in [-0.1, -0.05) is 26.7 Å². The van der Waals surface area contributed by atoms with Gasteiger partial charge in [-0.2, -0.15) is 0 Å². The first kappa shape index (κ1) is 14.7.